The van der Waals surface area contributed by atoms with E-state index >= 15 is 0 Å². The highest BCUT2D eigenvalue weighted by Crippen LogP contribution is 2.39. The van der Waals surface area contributed by atoms with E-state index in [-0.39, 0.29) is 0 Å². The van der Waals surface area contributed by atoms with Crippen molar-refractivity contribution in [2.45, 2.75) is 10.9 Å². The second-order valence-electron chi connectivity index (χ2n) is 3.29. The first-order valence-electron chi connectivity index (χ1n) is 4.68. The largest absolute Gasteiger partial charge is 0.352 e. The molecule has 0 saturated heterocycles. The Morgan fingerprint density at radius 3 is 3.13 bits per heavy atom. The fourth-order valence-corrected chi connectivity index (χ4v) is 3.33. The van der Waals surface area contributed by atoms with Gasteiger partial charge in [-0.2, -0.15) is 0 Å². The third-order valence-electron chi connectivity index (χ3n) is 2.36. The van der Waals surface area contributed by atoms with Gasteiger partial charge in [-0.25, -0.2) is 0 Å². The number of anilines is 1. The van der Waals surface area contributed by atoms with Crippen molar-refractivity contribution in [1.82, 2.24) is 10.2 Å². The molecule has 2 aromatic rings. The second-order valence-corrected chi connectivity index (χ2v) is 5.18. The van der Waals surface area contributed by atoms with E-state index in [2.05, 4.69) is 39.8 Å². The molecule has 3 nitrogen and oxygen atoms in total. The number of benzene rings is 1. The van der Waals surface area contributed by atoms with E-state index in [9.17, 15) is 0 Å². The van der Waals surface area contributed by atoms with Gasteiger partial charge in [-0.3, -0.25) is 0 Å². The lowest BCUT2D eigenvalue weighted by Gasteiger charge is -2.10. The van der Waals surface area contributed by atoms with Gasteiger partial charge >= 0.3 is 0 Å². The summed E-state index contributed by atoms with van der Waals surface area (Å²) in [5.74, 6) is 1.07. The van der Waals surface area contributed by atoms with Crippen LogP contribution in [0.5, 0.6) is 0 Å². The SMILES string of the molecule is c1ccc2c(c1)SCC2Nc1nncs1. The van der Waals surface area contributed by atoms with Gasteiger partial charge in [-0.05, 0) is 11.6 Å². The molecule has 5 heteroatoms. The Bertz CT molecular complexity index is 455. The van der Waals surface area contributed by atoms with Crippen LogP contribution in [-0.4, -0.2) is 16.0 Å². The molecule has 0 amide bonds. The Morgan fingerprint density at radius 2 is 2.27 bits per heavy atom. The maximum absolute atomic E-state index is 4.00. The fraction of sp³-hybridized carbons (Fsp3) is 0.200. The molecule has 0 fully saturated rings. The zero-order valence-electron chi connectivity index (χ0n) is 7.88. The molecule has 1 aromatic carbocycles. The lowest BCUT2D eigenvalue weighted by molar-refractivity contribution is 0.888. The van der Waals surface area contributed by atoms with Crippen molar-refractivity contribution < 1.29 is 0 Å². The molecule has 1 N–H and O–H groups in total. The van der Waals surface area contributed by atoms with Gasteiger partial charge in [0.2, 0.25) is 5.13 Å². The Balaban J connectivity index is 1.85. The van der Waals surface area contributed by atoms with Crippen molar-refractivity contribution in [3.05, 3.63) is 35.3 Å². The highest BCUT2D eigenvalue weighted by molar-refractivity contribution is 7.99. The van der Waals surface area contributed by atoms with Crippen LogP contribution in [0.1, 0.15) is 11.6 Å². The van der Waals surface area contributed by atoms with Crippen molar-refractivity contribution in [2.24, 2.45) is 0 Å². The topological polar surface area (TPSA) is 37.8 Å². The molecule has 0 spiro atoms. The van der Waals surface area contributed by atoms with Crippen molar-refractivity contribution in [1.29, 1.82) is 0 Å². The predicted octanol–water partition coefficient (Wildman–Crippen LogP) is 2.80. The van der Waals surface area contributed by atoms with Crippen LogP contribution in [0, 0.1) is 0 Å². The number of hydrogen-bond donors (Lipinski definition) is 1. The minimum absolute atomic E-state index is 0.374. The van der Waals surface area contributed by atoms with Crippen LogP contribution in [-0.2, 0) is 0 Å². The number of thioether (sulfide) groups is 1. The summed E-state index contributed by atoms with van der Waals surface area (Å²) in [5, 5.41) is 12.1. The molecule has 1 unspecified atom stereocenters. The van der Waals surface area contributed by atoms with E-state index in [1.165, 1.54) is 10.5 Å². The Hall–Kier alpha value is -1.07. The first-order chi connectivity index (χ1) is 7.43. The van der Waals surface area contributed by atoms with Crippen molar-refractivity contribution in [3.63, 3.8) is 0 Å². The zero-order valence-corrected chi connectivity index (χ0v) is 9.52. The average molecular weight is 235 g/mol. The quantitative estimate of drug-likeness (QED) is 0.868. The van der Waals surface area contributed by atoms with Crippen molar-refractivity contribution in [3.8, 4) is 0 Å². The molecular formula is C10H9N3S2. The number of fused-ring (bicyclic) bond motifs is 1. The third kappa shape index (κ3) is 1.72. The van der Waals surface area contributed by atoms with Gasteiger partial charge in [0.15, 0.2) is 0 Å². The van der Waals surface area contributed by atoms with Gasteiger partial charge in [0, 0.05) is 10.6 Å². The van der Waals surface area contributed by atoms with Crippen LogP contribution >= 0.6 is 23.1 Å². The fourth-order valence-electron chi connectivity index (χ4n) is 1.67. The van der Waals surface area contributed by atoms with Crippen LogP contribution in [0.4, 0.5) is 5.13 Å². The van der Waals surface area contributed by atoms with Gasteiger partial charge in [-0.15, -0.1) is 22.0 Å². The first kappa shape index (κ1) is 9.18. The number of rotatable bonds is 2. The zero-order chi connectivity index (χ0) is 10.1. The summed E-state index contributed by atoms with van der Waals surface area (Å²) >= 11 is 3.43. The molecule has 76 valence electrons. The second kappa shape index (κ2) is 3.83. The molecule has 1 aliphatic rings. The van der Waals surface area contributed by atoms with Gasteiger partial charge in [0.1, 0.15) is 5.51 Å². The monoisotopic (exact) mass is 235 g/mol. The van der Waals surface area contributed by atoms with Crippen LogP contribution in [0.15, 0.2) is 34.7 Å². The van der Waals surface area contributed by atoms with Gasteiger partial charge in [0.25, 0.3) is 0 Å². The molecule has 0 bridgehead atoms. The Kier molecular flexibility index (Phi) is 2.34. The summed E-state index contributed by atoms with van der Waals surface area (Å²) in [6.45, 7) is 0. The third-order valence-corrected chi connectivity index (χ3v) is 4.16. The minimum Gasteiger partial charge on any atom is -0.352 e. The van der Waals surface area contributed by atoms with Crippen LogP contribution in [0.2, 0.25) is 0 Å². The Labute approximate surface area is 95.9 Å². The molecule has 2 heterocycles. The lowest BCUT2D eigenvalue weighted by atomic mass is 10.1. The van der Waals surface area contributed by atoms with E-state index in [4.69, 9.17) is 0 Å². The van der Waals surface area contributed by atoms with Crippen LogP contribution < -0.4 is 5.32 Å². The van der Waals surface area contributed by atoms with Gasteiger partial charge < -0.3 is 5.32 Å². The summed E-state index contributed by atoms with van der Waals surface area (Å²) in [7, 11) is 0. The molecule has 0 aliphatic carbocycles. The Morgan fingerprint density at radius 1 is 1.33 bits per heavy atom. The first-order valence-corrected chi connectivity index (χ1v) is 6.54. The molecule has 1 atom stereocenters. The highest BCUT2D eigenvalue weighted by Gasteiger charge is 2.22. The normalized spacial score (nSPS) is 18.8. The smallest absolute Gasteiger partial charge is 0.205 e. The number of aromatic nitrogens is 2. The maximum atomic E-state index is 4.00. The number of nitrogens with one attached hydrogen (secondary N) is 1. The molecule has 1 aromatic heterocycles. The van der Waals surface area contributed by atoms with Crippen LogP contribution in [0.25, 0.3) is 0 Å². The molecule has 0 radical (unpaired) electrons. The highest BCUT2D eigenvalue weighted by atomic mass is 32.2. The standard InChI is InChI=1S/C10H9N3S2/c1-2-4-9-7(3-1)8(5-14-9)12-10-13-11-6-15-10/h1-4,6,8H,5H2,(H,12,13). The van der Waals surface area contributed by atoms with E-state index < -0.39 is 0 Å². The summed E-state index contributed by atoms with van der Waals surface area (Å²) in [4.78, 5) is 1.37. The van der Waals surface area contributed by atoms with Gasteiger partial charge in [-0.1, -0.05) is 29.5 Å². The van der Waals surface area contributed by atoms with E-state index in [0.717, 1.165) is 10.9 Å². The maximum Gasteiger partial charge on any atom is 0.205 e. The molecule has 3 rings (SSSR count). The average Bonchev–Trinajstić information content (AvgIpc) is 2.89. The van der Waals surface area contributed by atoms with Crippen molar-refractivity contribution in [2.75, 3.05) is 11.1 Å². The van der Waals surface area contributed by atoms with E-state index in [0.29, 0.717) is 6.04 Å². The van der Waals surface area contributed by atoms with Crippen molar-refractivity contribution >= 4 is 28.2 Å². The van der Waals surface area contributed by atoms with E-state index in [1.54, 1.807) is 16.8 Å². The number of hydrogen-bond acceptors (Lipinski definition) is 5. The summed E-state index contributed by atoms with van der Waals surface area (Å²) in [6, 6.07) is 8.88. The molecule has 15 heavy (non-hydrogen) atoms. The molecule has 0 saturated carbocycles. The van der Waals surface area contributed by atoms with Gasteiger partial charge in [0.05, 0.1) is 6.04 Å². The predicted molar refractivity (Wildman–Crippen MR) is 63.4 cm³/mol. The van der Waals surface area contributed by atoms with Crippen LogP contribution in [0.3, 0.4) is 0 Å². The molecule has 1 aliphatic heterocycles. The minimum atomic E-state index is 0.374. The molecular weight excluding hydrogens is 226 g/mol. The summed E-state index contributed by atoms with van der Waals surface area (Å²) in [5.41, 5.74) is 3.12. The summed E-state index contributed by atoms with van der Waals surface area (Å²) < 4.78 is 0. The summed E-state index contributed by atoms with van der Waals surface area (Å²) in [6.07, 6.45) is 0. The van der Waals surface area contributed by atoms with E-state index in [1.807, 2.05) is 11.8 Å². The number of nitrogens with zero attached hydrogens (tertiary/aromatic N) is 2. The lowest BCUT2D eigenvalue weighted by Crippen LogP contribution is -2.09.